The molecule has 1 aliphatic heterocycles. The molecule has 95 valence electrons. The average molecular weight is 338 g/mol. The molecule has 0 N–H and O–H groups in total. The van der Waals surface area contributed by atoms with Crippen LogP contribution in [0, 0.1) is 0 Å². The molecule has 0 aromatic rings. The molecule has 15 heavy (non-hydrogen) atoms. The van der Waals surface area contributed by atoms with Crippen molar-refractivity contribution in [2.24, 2.45) is 0 Å². The summed E-state index contributed by atoms with van der Waals surface area (Å²) in [6.07, 6.45) is 6.87. The second-order valence-corrected chi connectivity index (χ2v) is 14.1. The molecule has 0 aromatic carbocycles. The topological polar surface area (TPSA) is 6.48 Å². The summed E-state index contributed by atoms with van der Waals surface area (Å²) in [5, 5.41) is 0. The molecule has 1 heterocycles. The number of hydrogen-bond donors (Lipinski definition) is 0. The van der Waals surface area contributed by atoms with Crippen LogP contribution in [0.15, 0.2) is 12.4 Å². The number of halogens is 4. The maximum atomic E-state index is 4.95. The normalized spacial score (nSPS) is 16.4. The van der Waals surface area contributed by atoms with Gasteiger partial charge in [-0.2, -0.15) is 0 Å². The van der Waals surface area contributed by atoms with E-state index in [-0.39, 0.29) is 0 Å². The second kappa shape index (κ2) is 8.16. The third-order valence-electron chi connectivity index (χ3n) is 1.74. The summed E-state index contributed by atoms with van der Waals surface area (Å²) in [7, 11) is 19.3. The SMILES string of the molecule is CCCCN1C=CN(C)C1.[Cl][Fe-]([Cl])([Cl])[Cl]. The van der Waals surface area contributed by atoms with Crippen LogP contribution in [0.3, 0.4) is 0 Å². The van der Waals surface area contributed by atoms with Gasteiger partial charge < -0.3 is 9.80 Å². The monoisotopic (exact) mass is 336 g/mol. The van der Waals surface area contributed by atoms with Crippen LogP contribution in [0.2, 0.25) is 0 Å². The standard InChI is InChI=1S/C8H16N2.4ClH.Fe/c1-3-4-5-10-7-6-9(2)8-10;;;;;/h6-7H,3-5,8H2,1-2H3;4*1H;/q;;;;;+3/p-4. The van der Waals surface area contributed by atoms with Gasteiger partial charge in [-0.3, -0.25) is 0 Å². The third kappa shape index (κ3) is 13.0. The predicted molar refractivity (Wildman–Crippen MR) is 66.8 cm³/mol. The molecule has 0 fully saturated rings. The molecule has 0 radical (unpaired) electrons. The Balaban J connectivity index is 0.000000336. The van der Waals surface area contributed by atoms with Crippen molar-refractivity contribution in [1.29, 1.82) is 0 Å². The molecule has 1 rings (SSSR count). The van der Waals surface area contributed by atoms with E-state index in [4.69, 9.17) is 40.4 Å². The Kier molecular flexibility index (Phi) is 8.72. The van der Waals surface area contributed by atoms with Crippen LogP contribution in [-0.2, 0) is 9.20 Å². The van der Waals surface area contributed by atoms with Gasteiger partial charge in [0.1, 0.15) is 0 Å². The molecule has 0 saturated heterocycles. The van der Waals surface area contributed by atoms with Gasteiger partial charge in [0, 0.05) is 26.0 Å². The predicted octanol–water partition coefficient (Wildman–Crippen LogP) is 4.22. The Hall–Kier alpha value is 1.02. The zero-order valence-corrected chi connectivity index (χ0v) is 12.9. The van der Waals surface area contributed by atoms with Crippen molar-refractivity contribution in [3.8, 4) is 0 Å². The Labute approximate surface area is 111 Å². The summed E-state index contributed by atoms with van der Waals surface area (Å²) in [5.74, 6) is 0. The fourth-order valence-electron chi connectivity index (χ4n) is 1.10. The van der Waals surface area contributed by atoms with E-state index in [1.54, 1.807) is 0 Å². The van der Waals surface area contributed by atoms with Crippen molar-refractivity contribution in [3.05, 3.63) is 12.4 Å². The zero-order valence-electron chi connectivity index (χ0n) is 8.74. The van der Waals surface area contributed by atoms with Gasteiger partial charge in [-0.05, 0) is 6.42 Å². The summed E-state index contributed by atoms with van der Waals surface area (Å²) >= 11 is 0. The van der Waals surface area contributed by atoms with Gasteiger partial charge in [0.2, 0.25) is 0 Å². The first-order chi connectivity index (χ1) is 6.83. The van der Waals surface area contributed by atoms with Gasteiger partial charge in [-0.1, -0.05) is 13.3 Å². The van der Waals surface area contributed by atoms with Crippen LogP contribution in [-0.4, -0.2) is 30.1 Å². The molecule has 0 spiro atoms. The van der Waals surface area contributed by atoms with Gasteiger partial charge in [-0.15, -0.1) is 0 Å². The molecule has 0 bridgehead atoms. The van der Waals surface area contributed by atoms with Crippen LogP contribution in [0.5, 0.6) is 0 Å². The average Bonchev–Trinajstić information content (AvgIpc) is 2.45. The van der Waals surface area contributed by atoms with Gasteiger partial charge >= 0.3 is 49.6 Å². The van der Waals surface area contributed by atoms with Crippen LogP contribution in [0.4, 0.5) is 0 Å². The van der Waals surface area contributed by atoms with Gasteiger partial charge in [0.25, 0.3) is 0 Å². The van der Waals surface area contributed by atoms with E-state index in [2.05, 4.69) is 36.2 Å². The molecular formula is C8H16Cl4FeN2-. The third-order valence-corrected chi connectivity index (χ3v) is 1.74. The summed E-state index contributed by atoms with van der Waals surface area (Å²) in [4.78, 5) is 4.53. The van der Waals surface area contributed by atoms with Crippen molar-refractivity contribution >= 4 is 40.4 Å². The first-order valence-corrected chi connectivity index (χ1v) is 10.6. The van der Waals surface area contributed by atoms with Crippen LogP contribution in [0.1, 0.15) is 19.8 Å². The second-order valence-electron chi connectivity index (χ2n) is 3.17. The number of rotatable bonds is 3. The van der Waals surface area contributed by atoms with Gasteiger partial charge in [0.05, 0.1) is 6.67 Å². The van der Waals surface area contributed by atoms with Crippen molar-refractivity contribution in [3.63, 3.8) is 0 Å². The van der Waals surface area contributed by atoms with E-state index in [1.165, 1.54) is 19.4 Å². The Morgan fingerprint density at radius 3 is 2.07 bits per heavy atom. The number of unbranched alkanes of at least 4 members (excludes halogenated alkanes) is 1. The Morgan fingerprint density at radius 1 is 1.20 bits per heavy atom. The molecule has 1 aliphatic rings. The molecule has 0 atom stereocenters. The summed E-state index contributed by atoms with van der Waals surface area (Å²) in [5.41, 5.74) is 0. The van der Waals surface area contributed by atoms with Crippen molar-refractivity contribution in [2.75, 3.05) is 20.3 Å². The van der Waals surface area contributed by atoms with E-state index in [0.717, 1.165) is 6.67 Å². The summed E-state index contributed by atoms with van der Waals surface area (Å²) in [6, 6.07) is 0. The molecule has 7 heteroatoms. The van der Waals surface area contributed by atoms with Crippen molar-refractivity contribution in [1.82, 2.24) is 9.80 Å². The minimum atomic E-state index is -2.61. The first kappa shape index (κ1) is 16.0. The molecule has 0 saturated carbocycles. The van der Waals surface area contributed by atoms with E-state index in [9.17, 15) is 0 Å². The van der Waals surface area contributed by atoms with Crippen LogP contribution in [0.25, 0.3) is 0 Å². The summed E-state index contributed by atoms with van der Waals surface area (Å²) < 4.78 is 0. The fraction of sp³-hybridized carbons (Fsp3) is 0.750. The van der Waals surface area contributed by atoms with Crippen molar-refractivity contribution in [2.45, 2.75) is 19.8 Å². The molecule has 2 nitrogen and oxygen atoms in total. The first-order valence-electron chi connectivity index (χ1n) is 4.49. The number of nitrogens with zero attached hydrogens (tertiary/aromatic N) is 2. The van der Waals surface area contributed by atoms with Gasteiger partial charge in [0.15, 0.2) is 0 Å². The van der Waals surface area contributed by atoms with E-state index in [1.807, 2.05) is 0 Å². The molecule has 0 amide bonds. The number of hydrogen-bond acceptors (Lipinski definition) is 2. The zero-order chi connectivity index (χ0) is 11.9. The minimum absolute atomic E-state index is 1.07. The van der Waals surface area contributed by atoms with Crippen LogP contribution >= 0.6 is 40.4 Å². The summed E-state index contributed by atoms with van der Waals surface area (Å²) in [6.45, 7) is 4.50. The Bertz CT molecular complexity index is 190. The quantitative estimate of drug-likeness (QED) is 0.711. The molecule has 0 unspecified atom stereocenters. The molecule has 0 aromatic heterocycles. The van der Waals surface area contributed by atoms with E-state index >= 15 is 0 Å². The van der Waals surface area contributed by atoms with Gasteiger partial charge in [-0.25, -0.2) is 0 Å². The Morgan fingerprint density at radius 2 is 1.73 bits per heavy atom. The molecule has 0 aliphatic carbocycles. The van der Waals surface area contributed by atoms with Crippen LogP contribution < -0.4 is 0 Å². The van der Waals surface area contributed by atoms with E-state index in [0.29, 0.717) is 0 Å². The fourth-order valence-corrected chi connectivity index (χ4v) is 1.10. The van der Waals surface area contributed by atoms with Crippen molar-refractivity contribution < 1.29 is 9.20 Å². The maximum absolute atomic E-state index is 4.95. The van der Waals surface area contributed by atoms with E-state index < -0.39 is 9.20 Å². The molecular weight excluding hydrogens is 322 g/mol.